The second-order valence-electron chi connectivity index (χ2n) is 6.31. The zero-order chi connectivity index (χ0) is 20.6. The molecule has 29 heavy (non-hydrogen) atoms. The molecular formula is C20H18N4O3S2. The van der Waals surface area contributed by atoms with E-state index in [1.165, 1.54) is 36.9 Å². The fraction of sp³-hybridized carbons (Fsp3) is 0.100. The van der Waals surface area contributed by atoms with Crippen LogP contribution in [0.25, 0.3) is 21.3 Å². The third-order valence-electron chi connectivity index (χ3n) is 4.48. The first-order valence-electron chi connectivity index (χ1n) is 8.66. The smallest absolute Gasteiger partial charge is 0.262 e. The first kappa shape index (κ1) is 19.2. The van der Waals surface area contributed by atoms with Crippen LogP contribution in [0.2, 0.25) is 0 Å². The number of benzene rings is 2. The highest BCUT2D eigenvalue weighted by Crippen LogP contribution is 2.41. The number of anilines is 2. The van der Waals surface area contributed by atoms with E-state index in [1.807, 2.05) is 13.0 Å². The van der Waals surface area contributed by atoms with Crippen LogP contribution in [0.4, 0.5) is 11.5 Å². The summed E-state index contributed by atoms with van der Waals surface area (Å²) in [4.78, 5) is 10.4. The monoisotopic (exact) mass is 426 g/mol. The van der Waals surface area contributed by atoms with Crippen LogP contribution < -0.4 is 15.2 Å². The number of nitrogens with zero attached hydrogens (tertiary/aromatic N) is 2. The molecule has 0 spiro atoms. The molecule has 0 fully saturated rings. The van der Waals surface area contributed by atoms with Crippen molar-refractivity contribution >= 4 is 43.1 Å². The average Bonchev–Trinajstić information content (AvgIpc) is 3.06. The van der Waals surface area contributed by atoms with Crippen LogP contribution in [-0.2, 0) is 10.0 Å². The number of methoxy groups -OCH3 is 1. The molecule has 9 heteroatoms. The SMILES string of the molecule is COc1cc(-c2c(C)sc3ncnc(N)c23)ccc1NS(=O)(=O)c1ccccc1. The summed E-state index contributed by atoms with van der Waals surface area (Å²) >= 11 is 1.53. The van der Waals surface area contributed by atoms with E-state index in [1.54, 1.807) is 30.3 Å². The second-order valence-corrected chi connectivity index (χ2v) is 9.19. The number of hydrogen-bond acceptors (Lipinski definition) is 7. The van der Waals surface area contributed by atoms with E-state index in [0.717, 1.165) is 26.2 Å². The Balaban J connectivity index is 1.78. The van der Waals surface area contributed by atoms with Crippen molar-refractivity contribution < 1.29 is 13.2 Å². The number of rotatable bonds is 5. The number of ether oxygens (including phenoxy) is 1. The lowest BCUT2D eigenvalue weighted by Gasteiger charge is -2.14. The van der Waals surface area contributed by atoms with Crippen LogP contribution >= 0.6 is 11.3 Å². The van der Waals surface area contributed by atoms with Gasteiger partial charge in [0.05, 0.1) is 23.1 Å². The molecule has 7 nitrogen and oxygen atoms in total. The van der Waals surface area contributed by atoms with E-state index < -0.39 is 10.0 Å². The molecule has 2 aromatic heterocycles. The van der Waals surface area contributed by atoms with Gasteiger partial charge in [-0.25, -0.2) is 18.4 Å². The summed E-state index contributed by atoms with van der Waals surface area (Å²) in [6, 6.07) is 13.5. The number of thiophene rings is 1. The van der Waals surface area contributed by atoms with Gasteiger partial charge in [0.1, 0.15) is 22.7 Å². The van der Waals surface area contributed by atoms with Gasteiger partial charge in [-0.2, -0.15) is 0 Å². The number of nitrogens with one attached hydrogen (secondary N) is 1. The summed E-state index contributed by atoms with van der Waals surface area (Å²) < 4.78 is 33.4. The number of aryl methyl sites for hydroxylation is 1. The lowest BCUT2D eigenvalue weighted by atomic mass is 10.0. The van der Waals surface area contributed by atoms with Gasteiger partial charge in [-0.3, -0.25) is 4.72 Å². The van der Waals surface area contributed by atoms with E-state index in [9.17, 15) is 8.42 Å². The number of fused-ring (bicyclic) bond motifs is 1. The molecule has 0 saturated heterocycles. The number of aromatic nitrogens is 2. The lowest BCUT2D eigenvalue weighted by Crippen LogP contribution is -2.13. The van der Waals surface area contributed by atoms with Crippen molar-refractivity contribution in [3.05, 3.63) is 59.7 Å². The Kier molecular flexibility index (Phi) is 4.85. The molecule has 0 saturated carbocycles. The highest BCUT2D eigenvalue weighted by Gasteiger charge is 2.19. The van der Waals surface area contributed by atoms with Crippen LogP contribution in [0.1, 0.15) is 4.88 Å². The van der Waals surface area contributed by atoms with Crippen molar-refractivity contribution in [3.8, 4) is 16.9 Å². The van der Waals surface area contributed by atoms with Crippen molar-refractivity contribution in [1.82, 2.24) is 9.97 Å². The zero-order valence-corrected chi connectivity index (χ0v) is 17.3. The van der Waals surface area contributed by atoms with Gasteiger partial charge in [-0.15, -0.1) is 11.3 Å². The molecule has 0 atom stereocenters. The predicted octanol–water partition coefficient (Wildman–Crippen LogP) is 4.06. The van der Waals surface area contributed by atoms with Crippen LogP contribution in [0.5, 0.6) is 5.75 Å². The van der Waals surface area contributed by atoms with E-state index in [-0.39, 0.29) is 4.90 Å². The van der Waals surface area contributed by atoms with Gasteiger partial charge in [0.15, 0.2) is 0 Å². The molecule has 0 aliphatic heterocycles. The quantitative estimate of drug-likeness (QED) is 0.498. The summed E-state index contributed by atoms with van der Waals surface area (Å²) in [6.07, 6.45) is 1.44. The molecule has 0 bridgehead atoms. The lowest BCUT2D eigenvalue weighted by molar-refractivity contribution is 0.417. The first-order chi connectivity index (χ1) is 13.9. The Labute approximate surface area is 172 Å². The van der Waals surface area contributed by atoms with Crippen LogP contribution in [0.15, 0.2) is 59.8 Å². The normalized spacial score (nSPS) is 11.5. The van der Waals surface area contributed by atoms with E-state index >= 15 is 0 Å². The van der Waals surface area contributed by atoms with Crippen molar-refractivity contribution in [2.75, 3.05) is 17.6 Å². The fourth-order valence-corrected chi connectivity index (χ4v) is 5.26. The van der Waals surface area contributed by atoms with Crippen molar-refractivity contribution in [3.63, 3.8) is 0 Å². The van der Waals surface area contributed by atoms with E-state index in [2.05, 4.69) is 14.7 Å². The summed E-state index contributed by atoms with van der Waals surface area (Å²) in [5.74, 6) is 0.804. The molecule has 4 aromatic rings. The van der Waals surface area contributed by atoms with Crippen molar-refractivity contribution in [2.45, 2.75) is 11.8 Å². The summed E-state index contributed by atoms with van der Waals surface area (Å²) in [6.45, 7) is 1.99. The maximum atomic E-state index is 12.7. The van der Waals surface area contributed by atoms with E-state index in [4.69, 9.17) is 10.5 Å². The zero-order valence-electron chi connectivity index (χ0n) is 15.7. The number of nitrogen functional groups attached to an aromatic ring is 1. The third-order valence-corrected chi connectivity index (χ3v) is 6.88. The highest BCUT2D eigenvalue weighted by molar-refractivity contribution is 7.92. The molecule has 0 aliphatic carbocycles. The molecule has 0 unspecified atom stereocenters. The van der Waals surface area contributed by atoms with Gasteiger partial charge in [-0.1, -0.05) is 24.3 Å². The summed E-state index contributed by atoms with van der Waals surface area (Å²) in [5.41, 5.74) is 8.20. The minimum Gasteiger partial charge on any atom is -0.495 e. The molecule has 4 rings (SSSR count). The van der Waals surface area contributed by atoms with Gasteiger partial charge in [-0.05, 0) is 36.8 Å². The van der Waals surface area contributed by atoms with Crippen molar-refractivity contribution in [1.29, 1.82) is 0 Å². The summed E-state index contributed by atoms with van der Waals surface area (Å²) in [5, 5.41) is 0.787. The first-order valence-corrected chi connectivity index (χ1v) is 11.0. The molecular weight excluding hydrogens is 408 g/mol. The van der Waals surface area contributed by atoms with Gasteiger partial charge in [0.25, 0.3) is 10.0 Å². The molecule has 0 aliphatic rings. The fourth-order valence-electron chi connectivity index (χ4n) is 3.15. The molecule has 0 amide bonds. The Morgan fingerprint density at radius 3 is 2.59 bits per heavy atom. The number of hydrogen-bond donors (Lipinski definition) is 2. The van der Waals surface area contributed by atoms with Gasteiger partial charge in [0, 0.05) is 10.4 Å². The Morgan fingerprint density at radius 2 is 1.86 bits per heavy atom. The van der Waals surface area contributed by atoms with Gasteiger partial charge < -0.3 is 10.5 Å². The minimum atomic E-state index is -3.73. The second kappa shape index (κ2) is 7.34. The standard InChI is InChI=1S/C20H18N4O3S2/c1-12-17(18-19(21)22-11-23-20(18)28-12)13-8-9-15(16(10-13)27-2)24-29(25,26)14-6-4-3-5-7-14/h3-11,24H,1-2H3,(H2,21,22,23). The Bertz CT molecular complexity index is 1300. The molecule has 3 N–H and O–H groups in total. The van der Waals surface area contributed by atoms with Crippen LogP contribution in [-0.4, -0.2) is 25.5 Å². The van der Waals surface area contributed by atoms with Crippen LogP contribution in [0, 0.1) is 6.92 Å². The topological polar surface area (TPSA) is 107 Å². The maximum absolute atomic E-state index is 12.7. The van der Waals surface area contributed by atoms with E-state index in [0.29, 0.717) is 17.3 Å². The maximum Gasteiger partial charge on any atom is 0.262 e. The minimum absolute atomic E-state index is 0.177. The van der Waals surface area contributed by atoms with Crippen LogP contribution in [0.3, 0.4) is 0 Å². The average molecular weight is 427 g/mol. The molecule has 0 radical (unpaired) electrons. The Morgan fingerprint density at radius 1 is 1.10 bits per heavy atom. The predicted molar refractivity (Wildman–Crippen MR) is 116 cm³/mol. The molecule has 2 aromatic carbocycles. The van der Waals surface area contributed by atoms with Crippen molar-refractivity contribution in [2.24, 2.45) is 0 Å². The van der Waals surface area contributed by atoms with Gasteiger partial charge in [0.2, 0.25) is 0 Å². The van der Waals surface area contributed by atoms with Gasteiger partial charge >= 0.3 is 0 Å². The molecule has 2 heterocycles. The number of sulfonamides is 1. The largest absolute Gasteiger partial charge is 0.495 e. The third kappa shape index (κ3) is 3.50. The number of nitrogens with two attached hydrogens (primary N) is 1. The molecule has 148 valence electrons. The summed E-state index contributed by atoms with van der Waals surface area (Å²) in [7, 11) is -2.23. The Hall–Kier alpha value is -3.17. The highest BCUT2D eigenvalue weighted by atomic mass is 32.2.